The van der Waals surface area contributed by atoms with E-state index >= 15 is 0 Å². The molecule has 0 aromatic heterocycles. The Morgan fingerprint density at radius 1 is 1.12 bits per heavy atom. The third kappa shape index (κ3) is 3.77. The Labute approximate surface area is 102 Å². The molecule has 0 unspecified atom stereocenters. The molecule has 1 rings (SSSR count). The first-order chi connectivity index (χ1) is 8.06. The Balaban J connectivity index is 2.66. The van der Waals surface area contributed by atoms with Gasteiger partial charge in [0.05, 0.1) is 5.56 Å². The van der Waals surface area contributed by atoms with Gasteiger partial charge in [0.25, 0.3) is 0 Å². The van der Waals surface area contributed by atoms with Crippen molar-refractivity contribution in [2.24, 2.45) is 0 Å². The van der Waals surface area contributed by atoms with Crippen LogP contribution < -0.4 is 0 Å². The summed E-state index contributed by atoms with van der Waals surface area (Å²) in [6.45, 7) is 3.83. The van der Waals surface area contributed by atoms with Crippen molar-refractivity contribution in [1.29, 1.82) is 0 Å². The fraction of sp³-hybridized carbons (Fsp3) is 0.500. The minimum absolute atomic E-state index is 0.0185. The van der Waals surface area contributed by atoms with Gasteiger partial charge in [-0.15, -0.1) is 0 Å². The molecule has 1 aromatic rings. The summed E-state index contributed by atoms with van der Waals surface area (Å²) >= 11 is 0. The standard InChI is InChI=1S/C14H20O3/c1-3-4-5-6-7-12(15)11-8-10(2)13(16)9-14(11)17/h8-9,16-17H,3-7H2,1-2H3. The van der Waals surface area contributed by atoms with Gasteiger partial charge in [-0.05, 0) is 25.0 Å². The van der Waals surface area contributed by atoms with Crippen LogP contribution >= 0.6 is 0 Å². The molecule has 0 aliphatic carbocycles. The summed E-state index contributed by atoms with van der Waals surface area (Å²) in [7, 11) is 0. The molecule has 0 aliphatic heterocycles. The number of ketones is 1. The Hall–Kier alpha value is -1.51. The lowest BCUT2D eigenvalue weighted by molar-refractivity contribution is 0.0976. The maximum Gasteiger partial charge on any atom is 0.166 e. The van der Waals surface area contributed by atoms with E-state index in [0.717, 1.165) is 25.7 Å². The molecule has 17 heavy (non-hydrogen) atoms. The fourth-order valence-corrected chi connectivity index (χ4v) is 1.76. The van der Waals surface area contributed by atoms with Gasteiger partial charge in [-0.3, -0.25) is 4.79 Å². The lowest BCUT2D eigenvalue weighted by Gasteiger charge is -2.06. The van der Waals surface area contributed by atoms with Gasteiger partial charge in [0.15, 0.2) is 5.78 Å². The molecule has 3 heteroatoms. The highest BCUT2D eigenvalue weighted by atomic mass is 16.3. The molecule has 0 bridgehead atoms. The second-order valence-corrected chi connectivity index (χ2v) is 4.39. The number of benzene rings is 1. The van der Waals surface area contributed by atoms with Crippen LogP contribution in [0.25, 0.3) is 0 Å². The van der Waals surface area contributed by atoms with E-state index in [1.165, 1.54) is 6.07 Å². The minimum Gasteiger partial charge on any atom is -0.508 e. The molecule has 0 spiro atoms. The van der Waals surface area contributed by atoms with Crippen LogP contribution in [0.2, 0.25) is 0 Å². The van der Waals surface area contributed by atoms with E-state index in [1.54, 1.807) is 13.0 Å². The first kappa shape index (κ1) is 13.6. The predicted molar refractivity (Wildman–Crippen MR) is 67.6 cm³/mol. The quantitative estimate of drug-likeness (QED) is 0.586. The van der Waals surface area contributed by atoms with E-state index in [1.807, 2.05) is 0 Å². The van der Waals surface area contributed by atoms with Crippen molar-refractivity contribution in [3.05, 3.63) is 23.3 Å². The van der Waals surface area contributed by atoms with Crippen molar-refractivity contribution in [3.63, 3.8) is 0 Å². The average molecular weight is 236 g/mol. The van der Waals surface area contributed by atoms with Gasteiger partial charge in [0.1, 0.15) is 11.5 Å². The zero-order valence-electron chi connectivity index (χ0n) is 10.5. The summed E-state index contributed by atoms with van der Waals surface area (Å²) in [4.78, 5) is 11.9. The highest BCUT2D eigenvalue weighted by Gasteiger charge is 2.13. The molecule has 0 amide bonds. The Kier molecular flexibility index (Phi) is 5.01. The number of unbranched alkanes of at least 4 members (excludes halogenated alkanes) is 3. The van der Waals surface area contributed by atoms with Crippen LogP contribution in [-0.2, 0) is 0 Å². The molecule has 0 heterocycles. The zero-order valence-corrected chi connectivity index (χ0v) is 10.5. The van der Waals surface area contributed by atoms with Crippen molar-refractivity contribution in [3.8, 4) is 11.5 Å². The summed E-state index contributed by atoms with van der Waals surface area (Å²) < 4.78 is 0. The number of phenols is 2. The number of hydrogen-bond donors (Lipinski definition) is 2. The van der Waals surface area contributed by atoms with Crippen LogP contribution in [0.15, 0.2) is 12.1 Å². The first-order valence-corrected chi connectivity index (χ1v) is 6.12. The molecular formula is C14H20O3. The molecule has 2 N–H and O–H groups in total. The van der Waals surface area contributed by atoms with E-state index in [0.29, 0.717) is 17.5 Å². The predicted octanol–water partition coefficient (Wildman–Crippen LogP) is 3.56. The molecule has 0 fully saturated rings. The number of aromatic hydroxyl groups is 2. The Morgan fingerprint density at radius 3 is 2.47 bits per heavy atom. The van der Waals surface area contributed by atoms with Crippen molar-refractivity contribution in [2.75, 3.05) is 0 Å². The smallest absolute Gasteiger partial charge is 0.166 e. The maximum atomic E-state index is 11.9. The van der Waals surface area contributed by atoms with Crippen LogP contribution in [0.1, 0.15) is 54.9 Å². The number of carbonyl (C=O) groups is 1. The van der Waals surface area contributed by atoms with Crippen molar-refractivity contribution >= 4 is 5.78 Å². The second-order valence-electron chi connectivity index (χ2n) is 4.39. The normalized spacial score (nSPS) is 10.5. The van der Waals surface area contributed by atoms with E-state index in [9.17, 15) is 15.0 Å². The zero-order chi connectivity index (χ0) is 12.8. The van der Waals surface area contributed by atoms with Gasteiger partial charge in [0, 0.05) is 12.5 Å². The topological polar surface area (TPSA) is 57.5 Å². The number of phenolic OH excluding ortho intramolecular Hbond substituents is 2. The van der Waals surface area contributed by atoms with Gasteiger partial charge in [-0.2, -0.15) is 0 Å². The van der Waals surface area contributed by atoms with E-state index < -0.39 is 0 Å². The maximum absolute atomic E-state index is 11.9. The lowest BCUT2D eigenvalue weighted by Crippen LogP contribution is -2.00. The minimum atomic E-state index is -0.131. The second kappa shape index (κ2) is 6.28. The van der Waals surface area contributed by atoms with Crippen LogP contribution in [-0.4, -0.2) is 16.0 Å². The third-order valence-corrected chi connectivity index (χ3v) is 2.87. The van der Waals surface area contributed by atoms with Gasteiger partial charge in [-0.25, -0.2) is 0 Å². The number of aryl methyl sites for hydroxylation is 1. The van der Waals surface area contributed by atoms with Gasteiger partial charge in [-0.1, -0.05) is 26.2 Å². The number of rotatable bonds is 6. The van der Waals surface area contributed by atoms with E-state index in [-0.39, 0.29) is 17.3 Å². The van der Waals surface area contributed by atoms with Crippen LogP contribution in [0.3, 0.4) is 0 Å². The molecule has 0 aliphatic rings. The molecule has 0 saturated heterocycles. The van der Waals surface area contributed by atoms with Crippen molar-refractivity contribution in [2.45, 2.75) is 46.0 Å². The summed E-state index contributed by atoms with van der Waals surface area (Å²) in [6.07, 6.45) is 4.62. The molecular weight excluding hydrogens is 216 g/mol. The van der Waals surface area contributed by atoms with E-state index in [2.05, 4.69) is 6.92 Å². The Morgan fingerprint density at radius 2 is 1.82 bits per heavy atom. The largest absolute Gasteiger partial charge is 0.508 e. The summed E-state index contributed by atoms with van der Waals surface area (Å²) in [5.74, 6) is -0.166. The Bertz CT molecular complexity index is 397. The summed E-state index contributed by atoms with van der Waals surface area (Å²) in [5, 5.41) is 19.0. The van der Waals surface area contributed by atoms with Gasteiger partial charge in [0.2, 0.25) is 0 Å². The van der Waals surface area contributed by atoms with Crippen molar-refractivity contribution < 1.29 is 15.0 Å². The van der Waals surface area contributed by atoms with Crippen LogP contribution in [0, 0.1) is 6.92 Å². The van der Waals surface area contributed by atoms with E-state index in [4.69, 9.17) is 0 Å². The molecule has 1 aromatic carbocycles. The summed E-state index contributed by atoms with van der Waals surface area (Å²) in [5.41, 5.74) is 0.927. The first-order valence-electron chi connectivity index (χ1n) is 6.12. The molecule has 94 valence electrons. The van der Waals surface area contributed by atoms with Crippen LogP contribution in [0.5, 0.6) is 11.5 Å². The highest BCUT2D eigenvalue weighted by Crippen LogP contribution is 2.28. The monoisotopic (exact) mass is 236 g/mol. The number of Topliss-reactive ketones (excluding diaryl/α,β-unsaturated/α-hetero) is 1. The lowest BCUT2D eigenvalue weighted by atomic mass is 10.0. The number of hydrogen-bond acceptors (Lipinski definition) is 3. The van der Waals surface area contributed by atoms with Crippen LogP contribution in [0.4, 0.5) is 0 Å². The molecule has 3 nitrogen and oxygen atoms in total. The summed E-state index contributed by atoms with van der Waals surface area (Å²) in [6, 6.07) is 2.78. The average Bonchev–Trinajstić information content (AvgIpc) is 2.29. The number of carbonyl (C=O) groups excluding carboxylic acids is 1. The van der Waals surface area contributed by atoms with Crippen molar-refractivity contribution in [1.82, 2.24) is 0 Å². The fourth-order valence-electron chi connectivity index (χ4n) is 1.76. The van der Waals surface area contributed by atoms with Gasteiger partial charge >= 0.3 is 0 Å². The SMILES string of the molecule is CCCCCCC(=O)c1cc(C)c(O)cc1O. The van der Waals surface area contributed by atoms with Gasteiger partial charge < -0.3 is 10.2 Å². The molecule has 0 saturated carbocycles. The molecule has 0 atom stereocenters. The highest BCUT2D eigenvalue weighted by molar-refractivity contribution is 5.98. The molecule has 0 radical (unpaired) electrons. The third-order valence-electron chi connectivity index (χ3n) is 2.87.